The Labute approximate surface area is 111 Å². The highest BCUT2D eigenvalue weighted by molar-refractivity contribution is 7.13. The molecule has 2 aromatic rings. The Kier molecular flexibility index (Phi) is 3.06. The Bertz CT molecular complexity index is 518. The first-order valence-corrected chi connectivity index (χ1v) is 7.04. The molecular formula is C14H16N2OS. The Morgan fingerprint density at radius 2 is 1.89 bits per heavy atom. The van der Waals surface area contributed by atoms with E-state index in [0.717, 1.165) is 31.7 Å². The molecule has 0 unspecified atom stereocenters. The van der Waals surface area contributed by atoms with Gasteiger partial charge in [-0.15, -0.1) is 11.3 Å². The molecule has 0 amide bonds. The molecule has 0 radical (unpaired) electrons. The van der Waals surface area contributed by atoms with Crippen LogP contribution in [0.5, 0.6) is 0 Å². The van der Waals surface area contributed by atoms with Gasteiger partial charge in [-0.3, -0.25) is 0 Å². The highest BCUT2D eigenvalue weighted by Crippen LogP contribution is 2.41. The minimum Gasteiger partial charge on any atom is -0.381 e. The van der Waals surface area contributed by atoms with Crippen LogP contribution >= 0.6 is 11.3 Å². The maximum absolute atomic E-state index is 5.80. The maximum Gasteiger partial charge on any atom is 0.180 e. The minimum absolute atomic E-state index is 0.0202. The highest BCUT2D eigenvalue weighted by atomic mass is 32.1. The van der Waals surface area contributed by atoms with Gasteiger partial charge in [0, 0.05) is 24.0 Å². The van der Waals surface area contributed by atoms with Crippen LogP contribution in [0.3, 0.4) is 0 Å². The van der Waals surface area contributed by atoms with Gasteiger partial charge in [0.2, 0.25) is 0 Å². The van der Waals surface area contributed by atoms with E-state index in [4.69, 9.17) is 10.5 Å². The number of nitrogens with two attached hydrogens (primary N) is 1. The smallest absolute Gasteiger partial charge is 0.180 e. The second kappa shape index (κ2) is 4.71. The van der Waals surface area contributed by atoms with Gasteiger partial charge in [-0.1, -0.05) is 30.3 Å². The van der Waals surface area contributed by atoms with Crippen LogP contribution in [0.15, 0.2) is 35.7 Å². The minimum atomic E-state index is -0.0202. The molecule has 0 aliphatic carbocycles. The maximum atomic E-state index is 5.80. The van der Waals surface area contributed by atoms with Crippen molar-refractivity contribution in [3.8, 4) is 0 Å². The van der Waals surface area contributed by atoms with Crippen LogP contribution in [0.4, 0.5) is 5.13 Å². The Hall–Kier alpha value is -1.39. The zero-order valence-electron chi connectivity index (χ0n) is 10.1. The van der Waals surface area contributed by atoms with Crippen LogP contribution in [-0.2, 0) is 10.2 Å². The van der Waals surface area contributed by atoms with Crippen LogP contribution in [0.25, 0.3) is 0 Å². The topological polar surface area (TPSA) is 48.1 Å². The number of thiazole rings is 1. The fourth-order valence-electron chi connectivity index (χ4n) is 2.68. The first-order chi connectivity index (χ1) is 8.81. The second-order valence-electron chi connectivity index (χ2n) is 4.63. The molecule has 0 saturated carbocycles. The molecule has 4 heteroatoms. The van der Waals surface area contributed by atoms with Gasteiger partial charge in [0.25, 0.3) is 0 Å². The number of hydrogen-bond donors (Lipinski definition) is 1. The molecule has 18 heavy (non-hydrogen) atoms. The molecule has 1 aromatic carbocycles. The summed E-state index contributed by atoms with van der Waals surface area (Å²) in [6.45, 7) is 1.57. The number of hydrogen-bond acceptors (Lipinski definition) is 4. The predicted octanol–water partition coefficient (Wildman–Crippen LogP) is 2.82. The third-order valence-electron chi connectivity index (χ3n) is 3.68. The van der Waals surface area contributed by atoms with Crippen molar-refractivity contribution >= 4 is 16.5 Å². The van der Waals surface area contributed by atoms with Gasteiger partial charge in [-0.25, -0.2) is 4.98 Å². The van der Waals surface area contributed by atoms with E-state index in [1.165, 1.54) is 16.9 Å². The van der Waals surface area contributed by atoms with Crippen molar-refractivity contribution in [2.75, 3.05) is 18.9 Å². The van der Waals surface area contributed by atoms with Gasteiger partial charge in [-0.05, 0) is 18.4 Å². The standard InChI is InChI=1S/C14H16N2OS/c15-13-16-12(10-18-13)14(6-8-17-9-7-14)11-4-2-1-3-5-11/h1-5,10H,6-9H2,(H2,15,16). The van der Waals surface area contributed by atoms with E-state index >= 15 is 0 Å². The van der Waals surface area contributed by atoms with E-state index in [2.05, 4.69) is 34.6 Å². The van der Waals surface area contributed by atoms with E-state index in [9.17, 15) is 0 Å². The molecule has 3 nitrogen and oxygen atoms in total. The van der Waals surface area contributed by atoms with Gasteiger partial charge < -0.3 is 10.5 Å². The molecule has 3 rings (SSSR count). The molecule has 0 spiro atoms. The van der Waals surface area contributed by atoms with E-state index in [1.807, 2.05) is 6.07 Å². The molecule has 1 aliphatic heterocycles. The molecule has 1 fully saturated rings. The summed E-state index contributed by atoms with van der Waals surface area (Å²) in [5.74, 6) is 0. The van der Waals surface area contributed by atoms with Gasteiger partial charge in [0.1, 0.15) is 0 Å². The number of anilines is 1. The summed E-state index contributed by atoms with van der Waals surface area (Å²) in [4.78, 5) is 4.52. The van der Waals surface area contributed by atoms with Gasteiger partial charge >= 0.3 is 0 Å². The summed E-state index contributed by atoms with van der Waals surface area (Å²) >= 11 is 1.52. The number of aromatic nitrogens is 1. The van der Waals surface area contributed by atoms with Crippen molar-refractivity contribution in [2.45, 2.75) is 18.3 Å². The Morgan fingerprint density at radius 3 is 2.50 bits per heavy atom. The normalized spacial score (nSPS) is 18.7. The lowest BCUT2D eigenvalue weighted by Crippen LogP contribution is -2.35. The van der Waals surface area contributed by atoms with Gasteiger partial charge in [-0.2, -0.15) is 0 Å². The molecule has 1 aromatic heterocycles. The second-order valence-corrected chi connectivity index (χ2v) is 5.52. The lowest BCUT2D eigenvalue weighted by atomic mass is 9.72. The van der Waals surface area contributed by atoms with Crippen LogP contribution in [0.2, 0.25) is 0 Å². The monoisotopic (exact) mass is 260 g/mol. The average Bonchev–Trinajstić information content (AvgIpc) is 2.88. The van der Waals surface area contributed by atoms with Crippen molar-refractivity contribution in [3.05, 3.63) is 47.0 Å². The van der Waals surface area contributed by atoms with Crippen LogP contribution in [0, 0.1) is 0 Å². The Balaban J connectivity index is 2.09. The van der Waals surface area contributed by atoms with Crippen molar-refractivity contribution in [1.82, 2.24) is 4.98 Å². The van der Waals surface area contributed by atoms with Gasteiger partial charge in [0.05, 0.1) is 5.69 Å². The van der Waals surface area contributed by atoms with E-state index < -0.39 is 0 Å². The first-order valence-electron chi connectivity index (χ1n) is 6.16. The lowest BCUT2D eigenvalue weighted by Gasteiger charge is -2.36. The van der Waals surface area contributed by atoms with E-state index in [1.54, 1.807) is 0 Å². The van der Waals surface area contributed by atoms with Crippen LogP contribution < -0.4 is 5.73 Å². The van der Waals surface area contributed by atoms with Crippen LogP contribution in [-0.4, -0.2) is 18.2 Å². The zero-order chi connectivity index (χ0) is 12.4. The van der Waals surface area contributed by atoms with Crippen molar-refractivity contribution in [1.29, 1.82) is 0 Å². The van der Waals surface area contributed by atoms with Crippen molar-refractivity contribution < 1.29 is 4.74 Å². The number of nitrogen functional groups attached to an aromatic ring is 1. The lowest BCUT2D eigenvalue weighted by molar-refractivity contribution is 0.0620. The highest BCUT2D eigenvalue weighted by Gasteiger charge is 2.38. The molecular weight excluding hydrogens is 244 g/mol. The summed E-state index contributed by atoms with van der Waals surface area (Å²) < 4.78 is 5.52. The zero-order valence-corrected chi connectivity index (χ0v) is 11.0. The fourth-order valence-corrected chi connectivity index (χ4v) is 3.34. The third kappa shape index (κ3) is 1.91. The molecule has 1 saturated heterocycles. The SMILES string of the molecule is Nc1nc(C2(c3ccccc3)CCOCC2)cs1. The van der Waals surface area contributed by atoms with Crippen molar-refractivity contribution in [3.63, 3.8) is 0 Å². The largest absolute Gasteiger partial charge is 0.381 e. The summed E-state index contributed by atoms with van der Waals surface area (Å²) in [5, 5.41) is 2.74. The Morgan fingerprint density at radius 1 is 1.17 bits per heavy atom. The van der Waals surface area contributed by atoms with Gasteiger partial charge in [0.15, 0.2) is 5.13 Å². The number of nitrogens with zero attached hydrogens (tertiary/aromatic N) is 1. The summed E-state index contributed by atoms with van der Waals surface area (Å²) in [6.07, 6.45) is 1.94. The predicted molar refractivity (Wildman–Crippen MR) is 73.8 cm³/mol. The van der Waals surface area contributed by atoms with E-state index in [-0.39, 0.29) is 5.41 Å². The number of ether oxygens (including phenoxy) is 1. The summed E-state index contributed by atoms with van der Waals surface area (Å²) in [6, 6.07) is 10.6. The molecule has 0 atom stereocenters. The fraction of sp³-hybridized carbons (Fsp3) is 0.357. The molecule has 94 valence electrons. The molecule has 1 aliphatic rings. The summed E-state index contributed by atoms with van der Waals surface area (Å²) in [7, 11) is 0. The molecule has 2 heterocycles. The number of benzene rings is 1. The molecule has 0 bridgehead atoms. The third-order valence-corrected chi connectivity index (χ3v) is 4.36. The van der Waals surface area contributed by atoms with E-state index in [0.29, 0.717) is 5.13 Å². The summed E-state index contributed by atoms with van der Waals surface area (Å²) in [5.41, 5.74) is 8.19. The number of rotatable bonds is 2. The van der Waals surface area contributed by atoms with Crippen LogP contribution in [0.1, 0.15) is 24.1 Å². The first kappa shape index (κ1) is 11.7. The average molecular weight is 260 g/mol. The molecule has 2 N–H and O–H groups in total. The quantitative estimate of drug-likeness (QED) is 0.903. The van der Waals surface area contributed by atoms with Crippen molar-refractivity contribution in [2.24, 2.45) is 0 Å².